The number of hydrogen-bond donors (Lipinski definition) is 2. The first kappa shape index (κ1) is 37.7. The predicted molar refractivity (Wildman–Crippen MR) is 195 cm³/mol. The van der Waals surface area contributed by atoms with Gasteiger partial charge in [0, 0.05) is 30.9 Å². The number of alkyl halides is 1. The van der Waals surface area contributed by atoms with Crippen LogP contribution in [0.25, 0.3) is 0 Å². The van der Waals surface area contributed by atoms with Gasteiger partial charge < -0.3 is 29.7 Å². The first-order chi connectivity index (χ1) is 24.0. The number of halogens is 2. The van der Waals surface area contributed by atoms with Crippen LogP contribution in [0.2, 0.25) is 5.02 Å². The molecule has 12 heteroatoms. The highest BCUT2D eigenvalue weighted by Gasteiger charge is 2.77. The number of aryl methyl sites for hydroxylation is 1. The zero-order chi connectivity index (χ0) is 36.2. The second-order valence-corrected chi connectivity index (χ2v) is 14.8. The molecule has 3 aliphatic heterocycles. The fraction of sp³-hybridized carbons (Fsp3) is 0.474. The third-order valence-corrected chi connectivity index (χ3v) is 11.1. The minimum absolute atomic E-state index is 0.0726. The van der Waals surface area contributed by atoms with Gasteiger partial charge in [-0.3, -0.25) is 19.2 Å². The van der Waals surface area contributed by atoms with Crippen molar-refractivity contribution >= 4 is 56.9 Å². The van der Waals surface area contributed by atoms with Crippen molar-refractivity contribution in [2.75, 3.05) is 24.6 Å². The number of hydrogen-bond acceptors (Lipinski definition) is 7. The van der Waals surface area contributed by atoms with E-state index in [0.29, 0.717) is 42.0 Å². The normalized spacial score (nSPS) is 26.2. The van der Waals surface area contributed by atoms with Crippen LogP contribution in [0.15, 0.2) is 73.8 Å². The van der Waals surface area contributed by atoms with Crippen LogP contribution >= 0.6 is 27.5 Å². The van der Waals surface area contributed by atoms with E-state index in [1.54, 1.807) is 31.2 Å². The fourth-order valence-electron chi connectivity index (χ4n) is 7.79. The highest BCUT2D eigenvalue weighted by atomic mass is 79.9. The molecule has 8 atom stereocenters. The van der Waals surface area contributed by atoms with Crippen molar-refractivity contribution in [2.45, 2.75) is 80.7 Å². The van der Waals surface area contributed by atoms with Gasteiger partial charge in [-0.25, -0.2) is 0 Å². The number of anilines is 1. The van der Waals surface area contributed by atoms with Crippen LogP contribution in [0.3, 0.4) is 0 Å². The standard InChI is InChI=1S/C38H45BrClN3O7/c1-5-7-18-28(45)41-24(4)32(25-15-9-8-10-16-25)49-37(48)29-30-35(46)43(20-11-12-21-44)34(38(30)22-26(39)33(29)50-38)36(47)42(19-6-2)31-23(3)14-13-17-27(31)40/h5-6,8-10,13-17,24,26,29-30,32-34,44H,1-2,7,11-12,18-22H2,3-4H3,(H,41,45)/t24-,26?,29-,30+,32-,33-,34-,38+/m0/s1. The minimum atomic E-state index is -1.34. The molecule has 0 aromatic heterocycles. The number of amides is 3. The molecule has 1 unspecified atom stereocenters. The molecule has 5 rings (SSSR count). The number of fused-ring (bicyclic) bond motifs is 1. The molecule has 3 aliphatic rings. The first-order valence-electron chi connectivity index (χ1n) is 17.1. The summed E-state index contributed by atoms with van der Waals surface area (Å²) in [4.78, 5) is 59.3. The Labute approximate surface area is 306 Å². The Morgan fingerprint density at radius 1 is 1.18 bits per heavy atom. The topological polar surface area (TPSA) is 125 Å². The van der Waals surface area contributed by atoms with E-state index in [1.165, 1.54) is 9.80 Å². The quantitative estimate of drug-likeness (QED) is 0.101. The summed E-state index contributed by atoms with van der Waals surface area (Å²) in [5.41, 5.74) is 0.623. The fourth-order valence-corrected chi connectivity index (χ4v) is 9.05. The average Bonchev–Trinajstić information content (AvgIpc) is 3.68. The van der Waals surface area contributed by atoms with Gasteiger partial charge in [-0.15, -0.1) is 13.2 Å². The van der Waals surface area contributed by atoms with Crippen molar-refractivity contribution in [3.8, 4) is 0 Å². The number of para-hydroxylation sites is 1. The van der Waals surface area contributed by atoms with E-state index in [1.807, 2.05) is 43.3 Å². The molecule has 3 heterocycles. The third kappa shape index (κ3) is 7.15. The van der Waals surface area contributed by atoms with Gasteiger partial charge in [-0.1, -0.05) is 82.1 Å². The van der Waals surface area contributed by atoms with Crippen LogP contribution < -0.4 is 10.2 Å². The summed E-state index contributed by atoms with van der Waals surface area (Å²) in [6.07, 6.45) is 3.58. The van der Waals surface area contributed by atoms with Crippen molar-refractivity contribution in [1.82, 2.24) is 10.2 Å². The van der Waals surface area contributed by atoms with Crippen LogP contribution in [0, 0.1) is 18.8 Å². The molecule has 3 fully saturated rings. The maximum absolute atomic E-state index is 14.9. The Kier molecular flexibility index (Phi) is 12.2. The molecule has 1 spiro atoms. The number of aliphatic hydroxyl groups is 1. The molecule has 50 heavy (non-hydrogen) atoms. The number of allylic oxidation sites excluding steroid dienone is 1. The summed E-state index contributed by atoms with van der Waals surface area (Å²) in [6, 6.07) is 12.8. The van der Waals surface area contributed by atoms with Crippen molar-refractivity contribution in [3.05, 3.63) is 90.0 Å². The molecule has 0 radical (unpaired) electrons. The maximum atomic E-state index is 14.9. The summed E-state index contributed by atoms with van der Waals surface area (Å²) >= 11 is 10.4. The molecular formula is C38H45BrClN3O7. The Morgan fingerprint density at radius 2 is 1.92 bits per heavy atom. The molecule has 3 saturated heterocycles. The van der Waals surface area contributed by atoms with Crippen molar-refractivity contribution < 1.29 is 33.8 Å². The number of nitrogens with one attached hydrogen (secondary N) is 1. The largest absolute Gasteiger partial charge is 0.455 e. The van der Waals surface area contributed by atoms with Crippen LogP contribution in [0.4, 0.5) is 5.69 Å². The summed E-state index contributed by atoms with van der Waals surface area (Å²) in [5.74, 6) is -3.64. The molecule has 10 nitrogen and oxygen atoms in total. The molecule has 0 saturated carbocycles. The van der Waals surface area contributed by atoms with Crippen molar-refractivity contribution in [2.24, 2.45) is 11.8 Å². The minimum Gasteiger partial charge on any atom is -0.455 e. The molecule has 2 N–H and O–H groups in total. The van der Waals surface area contributed by atoms with Crippen LogP contribution in [0.1, 0.15) is 56.3 Å². The lowest BCUT2D eigenvalue weighted by atomic mass is 9.70. The van der Waals surface area contributed by atoms with Gasteiger partial charge in [-0.05, 0) is 56.7 Å². The SMILES string of the molecule is C=CCCC(=O)N[C@@H](C)[C@H](OC(=O)[C@@H]1[C@H]2O[C@@]3(CC2Br)[C@H](C(=O)N(CC=C)c2c(C)cccc2Cl)N(CCCCO)C(=O)[C@@H]13)c1ccccc1. The van der Waals surface area contributed by atoms with Gasteiger partial charge in [-0.2, -0.15) is 0 Å². The van der Waals surface area contributed by atoms with E-state index in [2.05, 4.69) is 34.4 Å². The molecule has 268 valence electrons. The number of benzene rings is 2. The van der Waals surface area contributed by atoms with E-state index in [-0.39, 0.29) is 42.8 Å². The Morgan fingerprint density at radius 3 is 2.58 bits per heavy atom. The van der Waals surface area contributed by atoms with Crippen LogP contribution in [-0.4, -0.2) is 82.0 Å². The van der Waals surface area contributed by atoms with E-state index in [0.717, 1.165) is 5.56 Å². The summed E-state index contributed by atoms with van der Waals surface area (Å²) in [6.45, 7) is 11.4. The van der Waals surface area contributed by atoms with Gasteiger partial charge >= 0.3 is 5.97 Å². The van der Waals surface area contributed by atoms with E-state index >= 15 is 0 Å². The Bertz CT molecular complexity index is 1590. The number of esters is 1. The zero-order valence-electron chi connectivity index (χ0n) is 28.4. The number of carbonyl (C=O) groups is 4. The molecule has 3 amide bonds. The van der Waals surface area contributed by atoms with Gasteiger partial charge in [0.2, 0.25) is 11.8 Å². The second kappa shape index (κ2) is 16.2. The van der Waals surface area contributed by atoms with E-state index in [9.17, 15) is 24.3 Å². The lowest BCUT2D eigenvalue weighted by Crippen LogP contribution is -2.57. The van der Waals surface area contributed by atoms with Gasteiger partial charge in [0.25, 0.3) is 5.91 Å². The van der Waals surface area contributed by atoms with E-state index < -0.39 is 53.6 Å². The summed E-state index contributed by atoms with van der Waals surface area (Å²) < 4.78 is 13.0. The van der Waals surface area contributed by atoms with Crippen LogP contribution in [-0.2, 0) is 28.7 Å². The molecular weight excluding hydrogens is 726 g/mol. The number of ether oxygens (including phenoxy) is 2. The molecule has 0 aliphatic carbocycles. The zero-order valence-corrected chi connectivity index (χ0v) is 30.8. The third-order valence-electron chi connectivity index (χ3n) is 9.93. The van der Waals surface area contributed by atoms with Crippen molar-refractivity contribution in [3.63, 3.8) is 0 Å². The Hall–Kier alpha value is -3.51. The lowest BCUT2D eigenvalue weighted by molar-refractivity contribution is -0.162. The number of unbranched alkanes of at least 4 members (excludes halogenated alkanes) is 1. The maximum Gasteiger partial charge on any atom is 0.313 e. The molecule has 2 bridgehead atoms. The predicted octanol–water partition coefficient (Wildman–Crippen LogP) is 5.44. The van der Waals surface area contributed by atoms with Gasteiger partial charge in [0.05, 0.1) is 34.7 Å². The number of aliphatic hydroxyl groups excluding tert-OH is 1. The average molecular weight is 771 g/mol. The lowest BCUT2D eigenvalue weighted by Gasteiger charge is -2.37. The molecule has 2 aromatic carbocycles. The first-order valence-corrected chi connectivity index (χ1v) is 18.4. The van der Waals surface area contributed by atoms with Gasteiger partial charge in [0.15, 0.2) is 0 Å². The highest BCUT2D eigenvalue weighted by Crippen LogP contribution is 2.60. The summed E-state index contributed by atoms with van der Waals surface area (Å²) in [5, 5.41) is 12.9. The Balaban J connectivity index is 1.52. The molecule has 2 aromatic rings. The monoisotopic (exact) mass is 769 g/mol. The van der Waals surface area contributed by atoms with E-state index in [4.69, 9.17) is 21.1 Å². The van der Waals surface area contributed by atoms with Gasteiger partial charge in [0.1, 0.15) is 17.7 Å². The summed E-state index contributed by atoms with van der Waals surface area (Å²) in [7, 11) is 0. The second-order valence-electron chi connectivity index (χ2n) is 13.2. The number of nitrogens with zero attached hydrogens (tertiary/aromatic N) is 2. The smallest absolute Gasteiger partial charge is 0.313 e. The van der Waals surface area contributed by atoms with Crippen LogP contribution in [0.5, 0.6) is 0 Å². The number of likely N-dealkylation sites (tertiary alicyclic amines) is 1. The van der Waals surface area contributed by atoms with Crippen molar-refractivity contribution in [1.29, 1.82) is 0 Å². The number of carbonyl (C=O) groups excluding carboxylic acids is 4. The highest BCUT2D eigenvalue weighted by molar-refractivity contribution is 9.09. The number of rotatable bonds is 16.